The molecule has 9 heteroatoms. The number of anilines is 1. The van der Waals surface area contributed by atoms with Gasteiger partial charge in [-0.3, -0.25) is 14.3 Å². The fraction of sp³-hybridized carbons (Fsp3) is 0.300. The van der Waals surface area contributed by atoms with Crippen molar-refractivity contribution in [2.24, 2.45) is 0 Å². The zero-order valence-electron chi connectivity index (χ0n) is 16.6. The fourth-order valence-corrected chi connectivity index (χ4v) is 3.68. The van der Waals surface area contributed by atoms with Crippen LogP contribution in [-0.4, -0.2) is 31.8 Å². The predicted molar refractivity (Wildman–Crippen MR) is 114 cm³/mol. The van der Waals surface area contributed by atoms with Crippen molar-refractivity contribution in [2.45, 2.75) is 44.2 Å². The minimum atomic E-state index is -3.92. The Labute approximate surface area is 175 Å². The Bertz CT molecular complexity index is 1020. The van der Waals surface area contributed by atoms with E-state index in [1.807, 2.05) is 20.8 Å². The Hall–Kier alpha value is -2.58. The summed E-state index contributed by atoms with van der Waals surface area (Å²) in [6.07, 6.45) is 0. The highest BCUT2D eigenvalue weighted by Gasteiger charge is 2.22. The van der Waals surface area contributed by atoms with Crippen molar-refractivity contribution in [3.8, 4) is 0 Å². The zero-order chi connectivity index (χ0) is 21.8. The molecular formula is C20H24ClN3O4S. The van der Waals surface area contributed by atoms with Crippen LogP contribution in [0.2, 0.25) is 5.02 Å². The molecule has 1 unspecified atom stereocenters. The molecule has 2 aromatic carbocycles. The summed E-state index contributed by atoms with van der Waals surface area (Å²) in [6, 6.07) is 11.1. The van der Waals surface area contributed by atoms with Gasteiger partial charge < -0.3 is 10.6 Å². The van der Waals surface area contributed by atoms with Gasteiger partial charge in [0.2, 0.25) is 5.91 Å². The Morgan fingerprint density at radius 2 is 1.69 bits per heavy atom. The molecule has 0 aliphatic carbocycles. The number of carbonyl (C=O) groups excluding carboxylic acids is 2. The maximum atomic E-state index is 12.6. The normalized spacial score (nSPS) is 12.7. The third kappa shape index (κ3) is 6.76. The van der Waals surface area contributed by atoms with Gasteiger partial charge in [-0.25, -0.2) is 8.42 Å². The lowest BCUT2D eigenvalue weighted by Crippen LogP contribution is -2.50. The first kappa shape index (κ1) is 22.7. The summed E-state index contributed by atoms with van der Waals surface area (Å²) in [5.74, 6) is -0.890. The van der Waals surface area contributed by atoms with Crippen molar-refractivity contribution >= 4 is 39.1 Å². The molecule has 2 rings (SSSR count). The van der Waals surface area contributed by atoms with Crippen LogP contribution < -0.4 is 15.4 Å². The zero-order valence-corrected chi connectivity index (χ0v) is 18.2. The smallest absolute Gasteiger partial charge is 0.261 e. The molecule has 0 saturated carbocycles. The summed E-state index contributed by atoms with van der Waals surface area (Å²) in [7, 11) is -3.92. The van der Waals surface area contributed by atoms with Crippen LogP contribution in [0.25, 0.3) is 0 Å². The number of hydrogen-bond donors (Lipinski definition) is 3. The van der Waals surface area contributed by atoms with Gasteiger partial charge in [-0.15, -0.1) is 0 Å². The van der Waals surface area contributed by atoms with Crippen LogP contribution in [0.3, 0.4) is 0 Å². The summed E-state index contributed by atoms with van der Waals surface area (Å²) in [5.41, 5.74) is -0.00926. The number of amides is 2. The molecule has 0 aromatic heterocycles. The van der Waals surface area contributed by atoms with E-state index in [2.05, 4.69) is 15.4 Å². The van der Waals surface area contributed by atoms with Gasteiger partial charge in [0, 0.05) is 16.1 Å². The van der Waals surface area contributed by atoms with E-state index in [1.54, 1.807) is 25.1 Å². The van der Waals surface area contributed by atoms with Crippen LogP contribution in [0.1, 0.15) is 38.1 Å². The van der Waals surface area contributed by atoms with Gasteiger partial charge in [-0.1, -0.05) is 23.7 Å². The molecule has 3 N–H and O–H groups in total. The monoisotopic (exact) mass is 437 g/mol. The van der Waals surface area contributed by atoms with E-state index >= 15 is 0 Å². The standard InChI is InChI=1S/C20H24ClN3O4S/c1-13(18(25)23-20(2,3)4)22-19(26)14-7-5-10-17(11-14)29(27,28)24-16-9-6-8-15(21)12-16/h5-13,24H,1-4H3,(H,22,26)(H,23,25). The first-order valence-corrected chi connectivity index (χ1v) is 10.7. The number of benzene rings is 2. The summed E-state index contributed by atoms with van der Waals surface area (Å²) >= 11 is 5.88. The molecule has 2 aromatic rings. The Balaban J connectivity index is 2.15. The van der Waals surface area contributed by atoms with Crippen molar-refractivity contribution in [2.75, 3.05) is 4.72 Å². The van der Waals surface area contributed by atoms with Gasteiger partial charge in [-0.05, 0) is 64.1 Å². The van der Waals surface area contributed by atoms with Crippen molar-refractivity contribution in [3.05, 3.63) is 59.1 Å². The minimum absolute atomic E-state index is 0.0862. The van der Waals surface area contributed by atoms with Crippen LogP contribution in [0.15, 0.2) is 53.4 Å². The summed E-state index contributed by atoms with van der Waals surface area (Å²) < 4.78 is 27.7. The molecule has 7 nitrogen and oxygen atoms in total. The molecule has 0 radical (unpaired) electrons. The molecular weight excluding hydrogens is 414 g/mol. The highest BCUT2D eigenvalue weighted by atomic mass is 35.5. The van der Waals surface area contributed by atoms with E-state index in [9.17, 15) is 18.0 Å². The predicted octanol–water partition coefficient (Wildman–Crippen LogP) is 3.17. The van der Waals surface area contributed by atoms with Gasteiger partial charge in [0.25, 0.3) is 15.9 Å². The summed E-state index contributed by atoms with van der Waals surface area (Å²) in [4.78, 5) is 24.5. The molecule has 0 bridgehead atoms. The maximum Gasteiger partial charge on any atom is 0.261 e. The molecule has 156 valence electrons. The Morgan fingerprint density at radius 1 is 1.03 bits per heavy atom. The van der Waals surface area contributed by atoms with Gasteiger partial charge in [0.15, 0.2) is 0 Å². The first-order valence-electron chi connectivity index (χ1n) is 8.89. The van der Waals surface area contributed by atoms with Gasteiger partial charge in [0.1, 0.15) is 6.04 Å². The lowest BCUT2D eigenvalue weighted by atomic mass is 10.1. The van der Waals surface area contributed by atoms with Crippen LogP contribution in [0.4, 0.5) is 5.69 Å². The average molecular weight is 438 g/mol. The van der Waals surface area contributed by atoms with Crippen LogP contribution in [0.5, 0.6) is 0 Å². The van der Waals surface area contributed by atoms with E-state index in [1.165, 1.54) is 30.3 Å². The molecule has 0 saturated heterocycles. The molecule has 0 spiro atoms. The molecule has 2 amide bonds. The van der Waals surface area contributed by atoms with Crippen LogP contribution >= 0.6 is 11.6 Å². The number of nitrogens with one attached hydrogen (secondary N) is 3. The van der Waals surface area contributed by atoms with Gasteiger partial charge >= 0.3 is 0 Å². The highest BCUT2D eigenvalue weighted by Crippen LogP contribution is 2.20. The van der Waals surface area contributed by atoms with E-state index in [0.717, 1.165) is 0 Å². The van der Waals surface area contributed by atoms with Gasteiger partial charge in [-0.2, -0.15) is 0 Å². The molecule has 0 heterocycles. The minimum Gasteiger partial charge on any atom is -0.350 e. The van der Waals surface area contributed by atoms with Crippen LogP contribution in [-0.2, 0) is 14.8 Å². The first-order chi connectivity index (χ1) is 13.4. The molecule has 0 aliphatic heterocycles. The number of hydrogen-bond acceptors (Lipinski definition) is 4. The Kier molecular flexibility index (Phi) is 6.92. The van der Waals surface area contributed by atoms with Gasteiger partial charge in [0.05, 0.1) is 10.6 Å². The topological polar surface area (TPSA) is 104 Å². The van der Waals surface area contributed by atoms with E-state index in [4.69, 9.17) is 11.6 Å². The number of carbonyl (C=O) groups is 2. The lowest BCUT2D eigenvalue weighted by molar-refractivity contribution is -0.124. The maximum absolute atomic E-state index is 12.6. The summed E-state index contributed by atoms with van der Waals surface area (Å²) in [6.45, 7) is 7.06. The number of halogens is 1. The van der Waals surface area contributed by atoms with Crippen LogP contribution in [0, 0.1) is 0 Å². The number of rotatable bonds is 6. The third-order valence-corrected chi connectivity index (χ3v) is 5.34. The summed E-state index contributed by atoms with van der Waals surface area (Å²) in [5, 5.41) is 5.73. The average Bonchev–Trinajstić information content (AvgIpc) is 2.60. The number of sulfonamides is 1. The van der Waals surface area contributed by atoms with E-state index < -0.39 is 27.5 Å². The lowest BCUT2D eigenvalue weighted by Gasteiger charge is -2.23. The van der Waals surface area contributed by atoms with Crippen molar-refractivity contribution in [1.82, 2.24) is 10.6 Å². The van der Waals surface area contributed by atoms with Crippen molar-refractivity contribution in [1.29, 1.82) is 0 Å². The van der Waals surface area contributed by atoms with E-state index in [0.29, 0.717) is 10.7 Å². The second kappa shape index (κ2) is 8.84. The van der Waals surface area contributed by atoms with Crippen molar-refractivity contribution < 1.29 is 18.0 Å². The fourth-order valence-electron chi connectivity index (χ4n) is 2.39. The SMILES string of the molecule is CC(NC(=O)c1cccc(S(=O)(=O)Nc2cccc(Cl)c2)c1)C(=O)NC(C)(C)C. The molecule has 0 fully saturated rings. The second-order valence-electron chi connectivity index (χ2n) is 7.58. The quantitative estimate of drug-likeness (QED) is 0.645. The Morgan fingerprint density at radius 3 is 2.31 bits per heavy atom. The highest BCUT2D eigenvalue weighted by molar-refractivity contribution is 7.92. The molecule has 1 atom stereocenters. The third-order valence-electron chi connectivity index (χ3n) is 3.72. The van der Waals surface area contributed by atoms with E-state index in [-0.39, 0.29) is 16.4 Å². The second-order valence-corrected chi connectivity index (χ2v) is 9.70. The van der Waals surface area contributed by atoms with Crippen molar-refractivity contribution in [3.63, 3.8) is 0 Å². The molecule has 29 heavy (non-hydrogen) atoms. The largest absolute Gasteiger partial charge is 0.350 e. The molecule has 0 aliphatic rings.